The Morgan fingerprint density at radius 2 is 0.650 bits per heavy atom. The van der Waals surface area contributed by atoms with Gasteiger partial charge in [-0.2, -0.15) is 0 Å². The summed E-state index contributed by atoms with van der Waals surface area (Å²) in [5.74, 6) is -8.81. The van der Waals surface area contributed by atoms with Crippen LogP contribution in [0.25, 0.3) is 109 Å². The average molecular weight is 791 g/mol. The molecule has 0 fully saturated rings. The lowest BCUT2D eigenvalue weighted by molar-refractivity contribution is 0.349. The summed E-state index contributed by atoms with van der Waals surface area (Å²) in [6, 6.07) is 42.9. The Hall–Kier alpha value is -8.50. The number of furan rings is 1. The summed E-state index contributed by atoms with van der Waals surface area (Å²) < 4.78 is 5.78. The highest BCUT2D eigenvalue weighted by molar-refractivity contribution is 6.27. The molecule has 0 aliphatic rings. The van der Waals surface area contributed by atoms with Gasteiger partial charge in [-0.05, 0) is 89.1 Å². The number of aromatic hydroxyl groups is 9. The standard InChI is InChI=1S/C50H30O10/c51-40-37-38(43(54)46(57)45(56)42(37)53)44(55)50-39(40)36-35(41(52)47(58)48(59)49(36)60-50)28-18-15-24-20-27(17-14-25(24)21-28)34-31-11-5-3-9-29(31)33(30-10-4-6-12-32(30)34)26-16-13-22-7-1-2-8-23(22)19-26/h1-21,51-59H. The maximum Gasteiger partial charge on any atom is 0.205 e. The van der Waals surface area contributed by atoms with Crippen molar-refractivity contribution in [1.29, 1.82) is 0 Å². The van der Waals surface area contributed by atoms with Crippen LogP contribution in [0.3, 0.4) is 0 Å². The average Bonchev–Trinajstić information content (AvgIpc) is 3.68. The Kier molecular flexibility index (Phi) is 7.09. The molecule has 0 bridgehead atoms. The largest absolute Gasteiger partial charge is 0.506 e. The Balaban J connectivity index is 1.13. The van der Waals surface area contributed by atoms with E-state index in [0.717, 1.165) is 60.0 Å². The van der Waals surface area contributed by atoms with E-state index in [4.69, 9.17) is 4.42 Å². The van der Waals surface area contributed by atoms with Crippen LogP contribution in [0, 0.1) is 0 Å². The molecule has 60 heavy (non-hydrogen) atoms. The first-order valence-corrected chi connectivity index (χ1v) is 18.9. The van der Waals surface area contributed by atoms with Crippen molar-refractivity contribution < 1.29 is 50.4 Å². The van der Waals surface area contributed by atoms with Crippen LogP contribution in [0.4, 0.5) is 0 Å². The smallest absolute Gasteiger partial charge is 0.205 e. The highest BCUT2D eigenvalue weighted by Crippen LogP contribution is 2.61. The van der Waals surface area contributed by atoms with E-state index in [-0.39, 0.29) is 16.3 Å². The number of rotatable bonds is 3. The fraction of sp³-hybridized carbons (Fsp3) is 0. The minimum atomic E-state index is -1.17. The van der Waals surface area contributed by atoms with E-state index in [2.05, 4.69) is 72.8 Å². The highest BCUT2D eigenvalue weighted by Gasteiger charge is 2.33. The van der Waals surface area contributed by atoms with Gasteiger partial charge in [0, 0.05) is 10.9 Å². The normalized spacial score (nSPS) is 11.9. The van der Waals surface area contributed by atoms with E-state index in [1.165, 1.54) is 5.39 Å². The van der Waals surface area contributed by atoms with Crippen LogP contribution in [-0.2, 0) is 0 Å². The van der Waals surface area contributed by atoms with E-state index in [1.807, 2.05) is 42.5 Å². The maximum atomic E-state index is 11.6. The van der Waals surface area contributed by atoms with Crippen LogP contribution >= 0.6 is 0 Å². The summed E-state index contributed by atoms with van der Waals surface area (Å²) in [4.78, 5) is 0. The number of phenolic OH excluding ortho intramolecular Hbond substituents is 9. The fourth-order valence-electron chi connectivity index (χ4n) is 9.02. The van der Waals surface area contributed by atoms with Crippen LogP contribution < -0.4 is 0 Å². The molecule has 9 N–H and O–H groups in total. The predicted molar refractivity (Wildman–Crippen MR) is 233 cm³/mol. The van der Waals surface area contributed by atoms with Crippen molar-refractivity contribution in [3.63, 3.8) is 0 Å². The van der Waals surface area contributed by atoms with Crippen LogP contribution in [0.1, 0.15) is 0 Å². The molecule has 0 radical (unpaired) electrons. The Morgan fingerprint density at radius 1 is 0.267 bits per heavy atom. The summed E-state index contributed by atoms with van der Waals surface area (Å²) in [6.45, 7) is 0. The van der Waals surface area contributed by atoms with Crippen molar-refractivity contribution in [3.05, 3.63) is 127 Å². The molecular weight excluding hydrogens is 761 g/mol. The summed E-state index contributed by atoms with van der Waals surface area (Å²) in [6.07, 6.45) is 0. The zero-order valence-electron chi connectivity index (χ0n) is 31.1. The van der Waals surface area contributed by atoms with Gasteiger partial charge in [0.05, 0.1) is 16.2 Å². The third-order valence-electron chi connectivity index (χ3n) is 11.8. The lowest BCUT2D eigenvalue weighted by atomic mass is 9.85. The van der Waals surface area contributed by atoms with E-state index < -0.39 is 73.7 Å². The Labute approximate surface area is 337 Å². The monoisotopic (exact) mass is 790 g/mol. The molecule has 0 aliphatic heterocycles. The summed E-state index contributed by atoms with van der Waals surface area (Å²) >= 11 is 0. The third-order valence-corrected chi connectivity index (χ3v) is 11.8. The SMILES string of the molecule is Oc1c(O)c(-c2ccc3cc(-c4c5ccccc5c(-c5ccc6ccccc6c5)c5ccccc45)ccc3c2)c2c(oc3c(O)c4c(O)c(O)c(O)c(O)c4c(O)c32)c1O. The van der Waals surface area contributed by atoms with Gasteiger partial charge in [0.1, 0.15) is 5.75 Å². The van der Waals surface area contributed by atoms with Crippen LogP contribution in [0.5, 0.6) is 51.7 Å². The summed E-state index contributed by atoms with van der Waals surface area (Å²) in [7, 11) is 0. The first-order valence-electron chi connectivity index (χ1n) is 18.9. The molecule has 11 aromatic rings. The second-order valence-corrected chi connectivity index (χ2v) is 15.0. The molecule has 0 saturated heterocycles. The zero-order valence-corrected chi connectivity index (χ0v) is 31.1. The van der Waals surface area contributed by atoms with Crippen LogP contribution in [0.15, 0.2) is 132 Å². The minimum Gasteiger partial charge on any atom is -0.506 e. The van der Waals surface area contributed by atoms with Gasteiger partial charge in [0.25, 0.3) is 0 Å². The van der Waals surface area contributed by atoms with E-state index in [0.29, 0.717) is 5.56 Å². The van der Waals surface area contributed by atoms with E-state index >= 15 is 0 Å². The van der Waals surface area contributed by atoms with Crippen molar-refractivity contribution in [1.82, 2.24) is 0 Å². The maximum absolute atomic E-state index is 11.6. The fourth-order valence-corrected chi connectivity index (χ4v) is 9.02. The molecule has 0 atom stereocenters. The summed E-state index contributed by atoms with van der Waals surface area (Å²) in [5.41, 5.74) is 3.51. The number of phenols is 9. The predicted octanol–water partition coefficient (Wildman–Crippen LogP) is 11.7. The van der Waals surface area contributed by atoms with Crippen molar-refractivity contribution in [2.24, 2.45) is 0 Å². The number of benzene rings is 10. The van der Waals surface area contributed by atoms with Gasteiger partial charge in [-0.25, -0.2) is 0 Å². The van der Waals surface area contributed by atoms with Crippen LogP contribution in [0.2, 0.25) is 0 Å². The summed E-state index contributed by atoms with van der Waals surface area (Å²) in [5, 5.41) is 104. The van der Waals surface area contributed by atoms with E-state index in [1.54, 1.807) is 12.1 Å². The lowest BCUT2D eigenvalue weighted by Crippen LogP contribution is -1.91. The van der Waals surface area contributed by atoms with Crippen molar-refractivity contribution >= 4 is 75.8 Å². The van der Waals surface area contributed by atoms with Gasteiger partial charge in [0.2, 0.25) is 23.0 Å². The lowest BCUT2D eigenvalue weighted by Gasteiger charge is -2.18. The first kappa shape index (κ1) is 34.7. The molecule has 0 saturated carbocycles. The molecule has 0 spiro atoms. The van der Waals surface area contributed by atoms with E-state index in [9.17, 15) is 46.0 Å². The van der Waals surface area contributed by atoms with Gasteiger partial charge < -0.3 is 50.4 Å². The third kappa shape index (κ3) is 4.58. The molecule has 1 heterocycles. The molecule has 0 unspecified atom stereocenters. The van der Waals surface area contributed by atoms with Gasteiger partial charge in [-0.3, -0.25) is 0 Å². The Bertz CT molecular complexity index is 3660. The molecule has 10 heteroatoms. The molecule has 0 amide bonds. The minimum absolute atomic E-state index is 0.105. The molecule has 11 rings (SSSR count). The Morgan fingerprint density at radius 3 is 1.17 bits per heavy atom. The molecular formula is C50H30O10. The number of hydrogen-bond donors (Lipinski definition) is 9. The second-order valence-electron chi connectivity index (χ2n) is 15.0. The topological polar surface area (TPSA) is 195 Å². The molecule has 290 valence electrons. The van der Waals surface area contributed by atoms with Crippen molar-refractivity contribution in [3.8, 4) is 85.1 Å². The van der Waals surface area contributed by atoms with Crippen molar-refractivity contribution in [2.75, 3.05) is 0 Å². The zero-order chi connectivity index (χ0) is 41.3. The molecule has 1 aromatic heterocycles. The quantitative estimate of drug-likeness (QED) is 0.0472. The number of fused-ring (bicyclic) bond motifs is 8. The molecule has 0 aliphatic carbocycles. The molecule has 10 aromatic carbocycles. The first-order chi connectivity index (χ1) is 29.0. The van der Waals surface area contributed by atoms with Gasteiger partial charge in [0.15, 0.2) is 34.2 Å². The van der Waals surface area contributed by atoms with Crippen LogP contribution in [-0.4, -0.2) is 46.0 Å². The van der Waals surface area contributed by atoms with Crippen molar-refractivity contribution in [2.45, 2.75) is 0 Å². The van der Waals surface area contributed by atoms with Gasteiger partial charge in [-0.1, -0.05) is 109 Å². The second kappa shape index (κ2) is 12.3. The van der Waals surface area contributed by atoms with Gasteiger partial charge in [-0.15, -0.1) is 0 Å². The molecule has 10 nitrogen and oxygen atoms in total. The van der Waals surface area contributed by atoms with Gasteiger partial charge >= 0.3 is 0 Å². The number of hydrogen-bond acceptors (Lipinski definition) is 10. The highest BCUT2D eigenvalue weighted by atomic mass is 16.4.